The topological polar surface area (TPSA) is 49.0 Å². The van der Waals surface area contributed by atoms with E-state index in [1.165, 1.54) is 0 Å². The third kappa shape index (κ3) is 2.84. The van der Waals surface area contributed by atoms with E-state index in [0.717, 1.165) is 38.8 Å². The van der Waals surface area contributed by atoms with Crippen molar-refractivity contribution in [2.75, 3.05) is 4.90 Å². The summed E-state index contributed by atoms with van der Waals surface area (Å²) in [6, 6.07) is 27.6. The van der Waals surface area contributed by atoms with E-state index >= 15 is 0 Å². The van der Waals surface area contributed by atoms with Gasteiger partial charge in [-0.15, -0.1) is 0 Å². The minimum atomic E-state index is -0.291. The molecule has 3 heterocycles. The van der Waals surface area contributed by atoms with Crippen LogP contribution < -0.4 is 4.90 Å². The van der Waals surface area contributed by atoms with Crippen molar-refractivity contribution in [2.45, 2.75) is 6.04 Å². The molecule has 0 saturated heterocycles. The summed E-state index contributed by atoms with van der Waals surface area (Å²) >= 11 is 5.99. The van der Waals surface area contributed by atoms with Crippen LogP contribution in [0.25, 0.3) is 22.0 Å². The maximum Gasteiger partial charge on any atom is 0.260 e. The van der Waals surface area contributed by atoms with E-state index in [9.17, 15) is 4.79 Å². The van der Waals surface area contributed by atoms with Crippen molar-refractivity contribution in [2.24, 2.45) is 0 Å². The summed E-state index contributed by atoms with van der Waals surface area (Å²) in [5, 5.41) is 1.46. The largest absolute Gasteiger partial charge is 0.361 e. The summed E-state index contributed by atoms with van der Waals surface area (Å²) in [4.78, 5) is 23.4. The number of aromatic nitrogens is 2. The molecule has 1 amide bonds. The lowest BCUT2D eigenvalue weighted by molar-refractivity contribution is 0.0979. The van der Waals surface area contributed by atoms with Gasteiger partial charge in [-0.3, -0.25) is 9.69 Å². The van der Waals surface area contributed by atoms with Crippen molar-refractivity contribution in [1.29, 1.82) is 0 Å². The molecule has 0 radical (unpaired) electrons. The molecular formula is C27H18ClN3O. The van der Waals surface area contributed by atoms with Crippen LogP contribution in [-0.4, -0.2) is 15.9 Å². The Labute approximate surface area is 190 Å². The second-order valence-corrected chi connectivity index (χ2v) is 8.23. The lowest BCUT2D eigenvalue weighted by Gasteiger charge is -2.38. The van der Waals surface area contributed by atoms with Crippen molar-refractivity contribution < 1.29 is 4.79 Å². The molecule has 1 aliphatic heterocycles. The number of nitrogens with one attached hydrogen (secondary N) is 1. The van der Waals surface area contributed by atoms with Crippen LogP contribution in [0, 0.1) is 0 Å². The van der Waals surface area contributed by atoms with E-state index in [-0.39, 0.29) is 11.9 Å². The van der Waals surface area contributed by atoms with Gasteiger partial charge in [0.1, 0.15) is 5.15 Å². The number of fused-ring (bicyclic) bond motifs is 4. The molecule has 3 aromatic carbocycles. The van der Waals surface area contributed by atoms with E-state index in [0.29, 0.717) is 10.7 Å². The first-order valence-electron chi connectivity index (χ1n) is 10.4. The fourth-order valence-electron chi connectivity index (χ4n) is 4.67. The summed E-state index contributed by atoms with van der Waals surface area (Å²) in [6.45, 7) is 0. The van der Waals surface area contributed by atoms with Crippen molar-refractivity contribution in [3.8, 4) is 11.1 Å². The highest BCUT2D eigenvalue weighted by atomic mass is 35.5. The first-order chi connectivity index (χ1) is 15.7. The normalized spacial score (nSPS) is 14.8. The molecule has 1 unspecified atom stereocenters. The molecule has 5 heteroatoms. The number of hydrogen-bond donors (Lipinski definition) is 1. The second-order valence-electron chi connectivity index (χ2n) is 7.84. The first kappa shape index (κ1) is 18.8. The molecule has 0 aliphatic carbocycles. The van der Waals surface area contributed by atoms with Crippen LogP contribution in [0.15, 0.2) is 97.3 Å². The molecule has 0 bridgehead atoms. The van der Waals surface area contributed by atoms with Gasteiger partial charge in [0, 0.05) is 34.4 Å². The van der Waals surface area contributed by atoms with Gasteiger partial charge in [-0.2, -0.15) is 0 Å². The molecule has 1 N–H and O–H groups in total. The molecule has 2 aromatic heterocycles. The monoisotopic (exact) mass is 435 g/mol. The van der Waals surface area contributed by atoms with Crippen LogP contribution in [0.1, 0.15) is 27.5 Å². The third-order valence-electron chi connectivity index (χ3n) is 6.08. The minimum Gasteiger partial charge on any atom is -0.361 e. The van der Waals surface area contributed by atoms with E-state index < -0.39 is 0 Å². The number of amides is 1. The fourth-order valence-corrected chi connectivity index (χ4v) is 4.78. The number of H-pyrrole nitrogens is 1. The lowest BCUT2D eigenvalue weighted by atomic mass is 9.84. The van der Waals surface area contributed by atoms with Gasteiger partial charge in [0.25, 0.3) is 5.91 Å². The highest BCUT2D eigenvalue weighted by molar-refractivity contribution is 6.29. The molecule has 32 heavy (non-hydrogen) atoms. The summed E-state index contributed by atoms with van der Waals surface area (Å²) in [5.74, 6) is -0.119. The predicted molar refractivity (Wildman–Crippen MR) is 128 cm³/mol. The Balaban J connectivity index is 1.64. The van der Waals surface area contributed by atoms with Crippen LogP contribution in [0.2, 0.25) is 5.15 Å². The van der Waals surface area contributed by atoms with Crippen molar-refractivity contribution in [3.63, 3.8) is 0 Å². The number of hydrogen-bond acceptors (Lipinski definition) is 2. The molecule has 6 rings (SSSR count). The van der Waals surface area contributed by atoms with Gasteiger partial charge in [-0.1, -0.05) is 72.3 Å². The quantitative estimate of drug-likeness (QED) is 0.316. The average Bonchev–Trinajstić information content (AvgIpc) is 3.27. The predicted octanol–water partition coefficient (Wildman–Crippen LogP) is 6.63. The van der Waals surface area contributed by atoms with Crippen LogP contribution >= 0.6 is 11.6 Å². The Morgan fingerprint density at radius 3 is 2.44 bits per heavy atom. The summed E-state index contributed by atoms with van der Waals surface area (Å²) in [5.41, 5.74) is 6.73. The number of rotatable bonds is 2. The number of halogens is 1. The number of carbonyl (C=O) groups excluding carboxylic acids is 1. The van der Waals surface area contributed by atoms with Gasteiger partial charge < -0.3 is 4.98 Å². The highest BCUT2D eigenvalue weighted by Gasteiger charge is 2.37. The smallest absolute Gasteiger partial charge is 0.260 e. The average molecular weight is 436 g/mol. The van der Waals surface area contributed by atoms with E-state index in [1.54, 1.807) is 18.3 Å². The zero-order valence-electron chi connectivity index (χ0n) is 17.0. The van der Waals surface area contributed by atoms with Gasteiger partial charge in [-0.25, -0.2) is 4.98 Å². The van der Waals surface area contributed by atoms with Gasteiger partial charge in [0.2, 0.25) is 0 Å². The number of para-hydroxylation sites is 2. The van der Waals surface area contributed by atoms with Crippen LogP contribution in [0.5, 0.6) is 0 Å². The second kappa shape index (κ2) is 7.36. The summed E-state index contributed by atoms with van der Waals surface area (Å²) < 4.78 is 0. The van der Waals surface area contributed by atoms with Gasteiger partial charge in [-0.05, 0) is 35.4 Å². The third-order valence-corrected chi connectivity index (χ3v) is 6.30. The zero-order valence-corrected chi connectivity index (χ0v) is 17.8. The van der Waals surface area contributed by atoms with E-state index in [1.807, 2.05) is 53.6 Å². The molecule has 154 valence electrons. The molecule has 0 spiro atoms. The lowest BCUT2D eigenvalue weighted by Crippen LogP contribution is -2.38. The molecule has 1 atom stereocenters. The Bertz CT molecular complexity index is 1470. The number of carbonyl (C=O) groups is 1. The van der Waals surface area contributed by atoms with Crippen molar-refractivity contribution in [3.05, 3.63) is 119 Å². The molecule has 0 saturated carbocycles. The number of aromatic amines is 1. The Morgan fingerprint density at radius 2 is 1.59 bits per heavy atom. The Kier molecular flexibility index (Phi) is 4.33. The molecular weight excluding hydrogens is 418 g/mol. The minimum absolute atomic E-state index is 0.119. The van der Waals surface area contributed by atoms with Crippen molar-refractivity contribution in [1.82, 2.24) is 9.97 Å². The SMILES string of the molecule is O=C(c1ccc(Cl)nc1)N1c2ccccc2-c2ccccc2C1c1c[nH]c2ccccc12. The van der Waals surface area contributed by atoms with E-state index in [4.69, 9.17) is 11.6 Å². The van der Waals surface area contributed by atoms with E-state index in [2.05, 4.69) is 40.3 Å². The number of nitrogens with zero attached hydrogens (tertiary/aromatic N) is 2. The van der Waals surface area contributed by atoms with Crippen LogP contribution in [-0.2, 0) is 0 Å². The Hall–Kier alpha value is -3.89. The first-order valence-corrected chi connectivity index (χ1v) is 10.8. The zero-order chi connectivity index (χ0) is 21.7. The molecule has 5 aromatic rings. The van der Waals surface area contributed by atoms with Gasteiger partial charge in [0.15, 0.2) is 0 Å². The molecule has 4 nitrogen and oxygen atoms in total. The molecule has 1 aliphatic rings. The Morgan fingerprint density at radius 1 is 0.844 bits per heavy atom. The number of pyridine rings is 1. The number of benzene rings is 3. The fraction of sp³-hybridized carbons (Fsp3) is 0.0370. The maximum atomic E-state index is 14.0. The number of anilines is 1. The maximum absolute atomic E-state index is 14.0. The standard InChI is InChI=1S/C27H18ClN3O/c28-25-14-13-17(15-30-25)27(32)31-24-12-6-4-9-20(24)18-7-1-2-10-21(18)26(31)22-16-29-23-11-5-3-8-19(22)23/h1-16,26,29H. The highest BCUT2D eigenvalue weighted by Crippen LogP contribution is 2.48. The molecule has 0 fully saturated rings. The van der Waals surface area contributed by atoms with Gasteiger partial charge in [0.05, 0.1) is 17.3 Å². The van der Waals surface area contributed by atoms with Crippen LogP contribution in [0.4, 0.5) is 5.69 Å². The summed E-state index contributed by atoms with van der Waals surface area (Å²) in [6.07, 6.45) is 3.56. The van der Waals surface area contributed by atoms with Crippen molar-refractivity contribution >= 4 is 34.1 Å². The van der Waals surface area contributed by atoms with Gasteiger partial charge >= 0.3 is 0 Å². The van der Waals surface area contributed by atoms with Crippen LogP contribution in [0.3, 0.4) is 0 Å². The summed E-state index contributed by atoms with van der Waals surface area (Å²) in [7, 11) is 0.